The monoisotopic (exact) mass is 457 g/mol. The summed E-state index contributed by atoms with van der Waals surface area (Å²) in [4.78, 5) is 52.8. The number of carbonyl (C=O) groups excluding carboxylic acids is 4. The molecule has 32 heavy (non-hydrogen) atoms. The molecule has 0 fully saturated rings. The van der Waals surface area contributed by atoms with Gasteiger partial charge in [0.05, 0.1) is 30.9 Å². The molecule has 1 aromatic carbocycles. The zero-order valence-electron chi connectivity index (χ0n) is 17.4. The van der Waals surface area contributed by atoms with Crippen LogP contribution in [0.2, 0.25) is 0 Å². The van der Waals surface area contributed by atoms with Crippen molar-refractivity contribution < 1.29 is 33.4 Å². The number of thioether (sulfide) groups is 1. The molecule has 0 spiro atoms. The predicted molar refractivity (Wildman–Crippen MR) is 115 cm³/mol. The first kappa shape index (κ1) is 22.8. The highest BCUT2D eigenvalue weighted by Crippen LogP contribution is 2.21. The Bertz CT molecular complexity index is 1170. The summed E-state index contributed by atoms with van der Waals surface area (Å²) in [5.74, 6) is -2.84. The van der Waals surface area contributed by atoms with Gasteiger partial charge in [-0.2, -0.15) is 0 Å². The van der Waals surface area contributed by atoms with E-state index in [2.05, 4.69) is 19.8 Å². The number of amides is 1. The molecule has 3 rings (SSSR count). The summed E-state index contributed by atoms with van der Waals surface area (Å²) < 4.78 is 16.2. The third kappa shape index (κ3) is 4.89. The van der Waals surface area contributed by atoms with Gasteiger partial charge in [0.2, 0.25) is 0 Å². The fraction of sp³-hybridized carbons (Fsp3) is 0.190. The zero-order chi connectivity index (χ0) is 23.3. The highest BCUT2D eigenvalue weighted by atomic mass is 32.2. The van der Waals surface area contributed by atoms with Crippen LogP contribution in [0.15, 0.2) is 47.8 Å². The molecule has 0 unspecified atom stereocenters. The zero-order valence-corrected chi connectivity index (χ0v) is 18.2. The molecule has 10 nitrogen and oxygen atoms in total. The lowest BCUT2D eigenvalue weighted by molar-refractivity contribution is -0.119. The number of nitrogens with one attached hydrogen (secondary N) is 1. The van der Waals surface area contributed by atoms with Gasteiger partial charge in [-0.1, -0.05) is 17.8 Å². The maximum absolute atomic E-state index is 12.5. The second-order valence-corrected chi connectivity index (χ2v) is 7.08. The lowest BCUT2D eigenvalue weighted by atomic mass is 10.1. The molecule has 11 heteroatoms. The van der Waals surface area contributed by atoms with Crippen LogP contribution in [0.25, 0.3) is 5.52 Å². The van der Waals surface area contributed by atoms with E-state index in [1.165, 1.54) is 44.2 Å². The molecule has 0 radical (unpaired) electrons. The Hall–Kier alpha value is -3.86. The Morgan fingerprint density at radius 2 is 1.66 bits per heavy atom. The van der Waals surface area contributed by atoms with Crippen molar-refractivity contribution in [2.45, 2.75) is 5.16 Å². The molecule has 2 heterocycles. The smallest absolute Gasteiger partial charge is 0.359 e. The van der Waals surface area contributed by atoms with Crippen LogP contribution in [0.1, 0.15) is 31.2 Å². The molecule has 1 amide bonds. The van der Waals surface area contributed by atoms with Crippen LogP contribution in [-0.2, 0) is 19.0 Å². The van der Waals surface area contributed by atoms with Crippen molar-refractivity contribution >= 4 is 46.8 Å². The van der Waals surface area contributed by atoms with Crippen molar-refractivity contribution in [3.63, 3.8) is 0 Å². The standard InChI is InChI=1S/C21H19N3O7S/c1-29-18(26)12-8-13(19(27)30-2)10-14(9-12)22-16(25)11-31-20(28)17-15-6-4-5-7-24(15)21(23-17)32-3/h4-10H,11H2,1-3H3,(H,22,25). The van der Waals surface area contributed by atoms with Gasteiger partial charge in [0.25, 0.3) is 5.91 Å². The number of pyridine rings is 1. The molecule has 0 saturated heterocycles. The van der Waals surface area contributed by atoms with Crippen molar-refractivity contribution in [1.82, 2.24) is 9.38 Å². The summed E-state index contributed by atoms with van der Waals surface area (Å²) in [6, 6.07) is 9.22. The fourth-order valence-electron chi connectivity index (χ4n) is 2.87. The van der Waals surface area contributed by atoms with Crippen molar-refractivity contribution in [1.29, 1.82) is 0 Å². The number of imidazole rings is 1. The Morgan fingerprint density at radius 1 is 1.00 bits per heavy atom. The molecule has 3 aromatic rings. The highest BCUT2D eigenvalue weighted by Gasteiger charge is 2.20. The van der Waals surface area contributed by atoms with Crippen molar-refractivity contribution in [2.24, 2.45) is 0 Å². The topological polar surface area (TPSA) is 125 Å². The Labute approximate surface area is 186 Å². The minimum Gasteiger partial charge on any atom is -0.465 e. The summed E-state index contributed by atoms with van der Waals surface area (Å²) in [6.07, 6.45) is 3.60. The average molecular weight is 457 g/mol. The van der Waals surface area contributed by atoms with Crippen molar-refractivity contribution in [3.05, 3.63) is 59.4 Å². The summed E-state index contributed by atoms with van der Waals surface area (Å²) in [5.41, 5.74) is 0.846. The number of aromatic nitrogens is 2. The van der Waals surface area contributed by atoms with Gasteiger partial charge in [-0.25, -0.2) is 19.4 Å². The van der Waals surface area contributed by atoms with Crippen LogP contribution < -0.4 is 5.32 Å². The van der Waals surface area contributed by atoms with Crippen molar-refractivity contribution in [2.75, 3.05) is 32.4 Å². The molecule has 166 valence electrons. The maximum Gasteiger partial charge on any atom is 0.359 e. The van der Waals surface area contributed by atoms with Gasteiger partial charge in [0.15, 0.2) is 17.5 Å². The number of hydrogen-bond acceptors (Lipinski definition) is 9. The van der Waals surface area contributed by atoms with Crippen LogP contribution in [0.4, 0.5) is 5.69 Å². The Balaban J connectivity index is 1.73. The number of ether oxygens (including phenoxy) is 3. The van der Waals surface area contributed by atoms with Gasteiger partial charge in [0, 0.05) is 11.9 Å². The number of benzene rings is 1. The van der Waals surface area contributed by atoms with Gasteiger partial charge in [0.1, 0.15) is 0 Å². The van der Waals surface area contributed by atoms with Crippen LogP contribution >= 0.6 is 11.8 Å². The van der Waals surface area contributed by atoms with Gasteiger partial charge in [-0.05, 0) is 36.6 Å². The largest absolute Gasteiger partial charge is 0.465 e. The number of rotatable bonds is 7. The molecule has 0 aliphatic carbocycles. The van der Waals surface area contributed by atoms with Crippen LogP contribution in [0.5, 0.6) is 0 Å². The predicted octanol–water partition coefficient (Wildman–Crippen LogP) is 2.42. The minimum absolute atomic E-state index is 0.0387. The van der Waals surface area contributed by atoms with Gasteiger partial charge in [-0.15, -0.1) is 0 Å². The number of nitrogens with zero attached hydrogens (tertiary/aromatic N) is 2. The third-order valence-electron chi connectivity index (χ3n) is 4.29. The summed E-state index contributed by atoms with van der Waals surface area (Å²) in [7, 11) is 2.37. The van der Waals surface area contributed by atoms with Crippen molar-refractivity contribution in [3.8, 4) is 0 Å². The number of esters is 3. The first-order chi connectivity index (χ1) is 15.4. The average Bonchev–Trinajstić information content (AvgIpc) is 3.20. The second kappa shape index (κ2) is 9.96. The molecule has 0 aliphatic heterocycles. The second-order valence-electron chi connectivity index (χ2n) is 6.31. The number of carbonyl (C=O) groups is 4. The molecule has 0 saturated carbocycles. The van der Waals surface area contributed by atoms with E-state index in [4.69, 9.17) is 4.74 Å². The normalized spacial score (nSPS) is 10.5. The number of methoxy groups -OCH3 is 2. The number of hydrogen-bond donors (Lipinski definition) is 1. The summed E-state index contributed by atoms with van der Waals surface area (Å²) in [6.45, 7) is -0.602. The minimum atomic E-state index is -0.761. The number of anilines is 1. The molecular weight excluding hydrogens is 438 g/mol. The van der Waals surface area contributed by atoms with Crippen LogP contribution in [-0.4, -0.2) is 60.3 Å². The van der Waals surface area contributed by atoms with E-state index in [-0.39, 0.29) is 22.5 Å². The van der Waals surface area contributed by atoms with Crippen LogP contribution in [0, 0.1) is 0 Å². The molecular formula is C21H19N3O7S. The molecule has 0 bridgehead atoms. The maximum atomic E-state index is 12.5. The number of fused-ring (bicyclic) bond motifs is 1. The van der Waals surface area contributed by atoms with Crippen LogP contribution in [0.3, 0.4) is 0 Å². The quantitative estimate of drug-likeness (QED) is 0.323. The molecule has 0 aliphatic rings. The van der Waals surface area contributed by atoms with Gasteiger partial charge >= 0.3 is 17.9 Å². The van der Waals surface area contributed by atoms with E-state index in [1.54, 1.807) is 22.7 Å². The first-order valence-electron chi connectivity index (χ1n) is 9.17. The molecule has 1 N–H and O–H groups in total. The Morgan fingerprint density at radius 3 is 2.25 bits per heavy atom. The lowest BCUT2D eigenvalue weighted by Gasteiger charge is -2.10. The highest BCUT2D eigenvalue weighted by molar-refractivity contribution is 7.98. The van der Waals surface area contributed by atoms with Gasteiger partial charge in [-0.3, -0.25) is 9.20 Å². The SMILES string of the molecule is COC(=O)c1cc(NC(=O)COC(=O)c2nc(SC)n3ccccc23)cc(C(=O)OC)c1. The first-order valence-corrected chi connectivity index (χ1v) is 10.4. The summed E-state index contributed by atoms with van der Waals surface area (Å²) in [5, 5.41) is 3.08. The Kier molecular flexibility index (Phi) is 7.11. The van der Waals surface area contributed by atoms with E-state index in [9.17, 15) is 19.2 Å². The molecule has 0 atom stereocenters. The van der Waals surface area contributed by atoms with Gasteiger partial charge < -0.3 is 19.5 Å². The third-order valence-corrected chi connectivity index (χ3v) is 4.94. The van der Waals surface area contributed by atoms with E-state index in [1.807, 2.05) is 12.3 Å². The van der Waals surface area contributed by atoms with E-state index in [0.717, 1.165) is 0 Å². The van der Waals surface area contributed by atoms with E-state index < -0.39 is 30.4 Å². The van der Waals surface area contributed by atoms with E-state index in [0.29, 0.717) is 10.7 Å². The summed E-state index contributed by atoms with van der Waals surface area (Å²) >= 11 is 1.36. The fourth-order valence-corrected chi connectivity index (χ4v) is 3.41. The lowest BCUT2D eigenvalue weighted by Crippen LogP contribution is -2.21. The molecule has 2 aromatic heterocycles. The van der Waals surface area contributed by atoms with E-state index >= 15 is 0 Å².